The summed E-state index contributed by atoms with van der Waals surface area (Å²) in [5.41, 5.74) is 5.58. The second kappa shape index (κ2) is 43.0. The lowest BCUT2D eigenvalue weighted by atomic mass is 9.95. The minimum Gasteiger partial charge on any atom is -0.390 e. The molecule has 26 nitrogen and oxygen atoms in total. The average Bonchev–Trinajstić information content (AvgIpc) is 0.848. The van der Waals surface area contributed by atoms with E-state index in [2.05, 4.69) is 198 Å². The molecule has 0 aliphatic heterocycles. The smallest absolute Gasteiger partial charge is 0.367 e. The molecule has 598 valence electrons. The summed E-state index contributed by atoms with van der Waals surface area (Å²) in [4.78, 5) is 100. The third kappa shape index (κ3) is 38.6. The van der Waals surface area contributed by atoms with Crippen molar-refractivity contribution in [2.75, 3.05) is 28.2 Å². The van der Waals surface area contributed by atoms with Gasteiger partial charge in [0, 0.05) is 149 Å². The number of halogens is 1. The number of nitro groups is 1. The maximum Gasteiger partial charge on any atom is 0.367 e. The van der Waals surface area contributed by atoms with Crippen molar-refractivity contribution < 1.29 is 14.8 Å². The van der Waals surface area contributed by atoms with Gasteiger partial charge < -0.3 is 25.0 Å². The predicted molar refractivity (Wildman–Crippen MR) is 439 cm³/mol. The molecule has 9 rings (SSSR count). The van der Waals surface area contributed by atoms with Crippen molar-refractivity contribution in [3.63, 3.8) is 0 Å². The molecule has 0 aliphatic carbocycles. The van der Waals surface area contributed by atoms with E-state index in [0.717, 1.165) is 64.1 Å². The van der Waals surface area contributed by atoms with Gasteiger partial charge in [0.15, 0.2) is 0 Å². The standard InChI is InChI=1S/C11H17N3O.C11H19N3.C10H16N2.C9H11N3.C9H14N2O.C9H14N2.C8H11ClN2.C8H11N3O2.C8H12N2/c1-11(2,3)10-12-7-6-8(13-10)9(15)14(4)5;1-11(2,3)10-12-7-6-9(13-10)8-14(4)5;1-7-6-11-9(10(3,4)5)12-8(7)2;1-9(2,3)8-11-5-4-7(6-10)12-8;1-9(2,3)8-10-5-4-7(6-12)11-8;1-7-5-6-10-8(11-7)9(2,3)4;1-8(2,3)7-10-4-6(9)5-11-7;1-8(2,3)7-9-5-4-6(10-7)11(12)13;1-8(2,3)7-9-5-4-6-10-7/h6-7H,1-5H3;6-7H,8H2,1-5H3;6H,1-5H3;4-5H,1-3H3;4-5,12H,6H2,1-3H3;5-6H,1-4H3;4-5H,1-3H3;4-5H,1-3H3;4-6H,1-3H3. The maximum atomic E-state index is 11.7. The highest BCUT2D eigenvalue weighted by Crippen LogP contribution is 2.25. The lowest BCUT2D eigenvalue weighted by Crippen LogP contribution is -2.25. The molecule has 9 aromatic heterocycles. The van der Waals surface area contributed by atoms with E-state index < -0.39 is 4.92 Å². The summed E-state index contributed by atoms with van der Waals surface area (Å²) in [5.74, 6) is 6.88. The summed E-state index contributed by atoms with van der Waals surface area (Å²) in [7, 11) is 7.50. The molecule has 0 saturated heterocycles. The Bertz CT molecular complexity index is 4300. The molecule has 0 spiro atoms. The zero-order valence-corrected chi connectivity index (χ0v) is 73.0. The van der Waals surface area contributed by atoms with Crippen molar-refractivity contribution in [1.82, 2.24) is 99.5 Å². The number of aliphatic hydroxyl groups excluding tert-OH is 1. The fourth-order valence-electron chi connectivity index (χ4n) is 7.76. The summed E-state index contributed by atoms with van der Waals surface area (Å²) < 4.78 is 0. The topological polar surface area (TPSA) is 343 Å². The minimum atomic E-state index is -0.517. The Hall–Kier alpha value is -9.71. The quantitative estimate of drug-likeness (QED) is 0.123. The van der Waals surface area contributed by atoms with Crippen LogP contribution in [0.5, 0.6) is 0 Å². The number of hydrogen-bond acceptors (Lipinski definition) is 24. The zero-order valence-electron chi connectivity index (χ0n) is 72.2. The summed E-state index contributed by atoms with van der Waals surface area (Å²) in [6.07, 6.45) is 18.7. The first-order valence-corrected chi connectivity index (χ1v) is 36.6. The van der Waals surface area contributed by atoms with Crippen molar-refractivity contribution in [2.24, 2.45) is 0 Å². The first-order chi connectivity index (χ1) is 50.2. The van der Waals surface area contributed by atoms with E-state index in [9.17, 15) is 14.9 Å². The highest BCUT2D eigenvalue weighted by molar-refractivity contribution is 6.30. The number of aromatic nitrogens is 18. The van der Waals surface area contributed by atoms with Gasteiger partial charge in [0.05, 0.1) is 29.1 Å². The van der Waals surface area contributed by atoms with Gasteiger partial charge in [0.2, 0.25) is 5.82 Å². The van der Waals surface area contributed by atoms with Gasteiger partial charge in [-0.3, -0.25) is 4.79 Å². The van der Waals surface area contributed by atoms with Crippen molar-refractivity contribution in [3.05, 3.63) is 218 Å². The predicted octanol–water partition coefficient (Wildman–Crippen LogP) is 16.6. The van der Waals surface area contributed by atoms with Crippen molar-refractivity contribution in [1.29, 1.82) is 5.26 Å². The molecule has 0 aromatic carbocycles. The number of carbonyl (C=O) groups is 1. The Kier molecular flexibility index (Phi) is 38.5. The van der Waals surface area contributed by atoms with Crippen LogP contribution in [0, 0.1) is 42.2 Å². The molecule has 27 heteroatoms. The molecular formula is C83H125ClN22O4. The third-order valence-electron chi connectivity index (χ3n) is 14.2. The number of aryl methyl sites for hydroxylation is 3. The third-order valence-corrected chi connectivity index (χ3v) is 14.4. The zero-order chi connectivity index (χ0) is 84.8. The summed E-state index contributed by atoms with van der Waals surface area (Å²) in [6.45, 7) is 62.4. The SMILES string of the molecule is CC(C)(C)c1ncc(Cl)cn1.CC(C)(C)c1nccc(C#N)n1.CC(C)(C)c1nccc(CO)n1.CC(C)(C)c1nccc([N+](=O)[O-])n1.CC(C)(C)c1ncccn1.CN(C)C(=O)c1ccnc(C(C)(C)C)n1.CN(C)Cc1ccnc(C(C)(C)C)n1.Cc1ccnc(C(C)(C)C)n1.Cc1cnc(C(C)(C)C)nc1C. The number of hydrogen-bond donors (Lipinski definition) is 1. The molecule has 1 amide bonds. The van der Waals surface area contributed by atoms with Gasteiger partial charge in [-0.1, -0.05) is 199 Å². The lowest BCUT2D eigenvalue weighted by molar-refractivity contribution is -0.389. The lowest BCUT2D eigenvalue weighted by Gasteiger charge is -2.17. The Morgan fingerprint density at radius 3 is 1.14 bits per heavy atom. The van der Waals surface area contributed by atoms with E-state index >= 15 is 0 Å². The fourth-order valence-corrected chi connectivity index (χ4v) is 7.86. The van der Waals surface area contributed by atoms with Gasteiger partial charge in [0.1, 0.15) is 64.1 Å². The largest absolute Gasteiger partial charge is 0.390 e. The summed E-state index contributed by atoms with van der Waals surface area (Å²) in [6, 6.07) is 13.9. The number of aliphatic hydroxyl groups is 1. The molecule has 0 fully saturated rings. The van der Waals surface area contributed by atoms with E-state index in [1.54, 1.807) is 75.7 Å². The minimum absolute atomic E-state index is 0.00455. The van der Waals surface area contributed by atoms with Gasteiger partial charge in [-0.05, 0) is 86.7 Å². The molecule has 0 unspecified atom stereocenters. The molecule has 9 aromatic rings. The van der Waals surface area contributed by atoms with Crippen molar-refractivity contribution in [3.8, 4) is 6.07 Å². The Morgan fingerprint density at radius 1 is 0.427 bits per heavy atom. The van der Waals surface area contributed by atoms with Crippen LogP contribution in [0.2, 0.25) is 5.02 Å². The van der Waals surface area contributed by atoms with Crippen LogP contribution in [0.3, 0.4) is 0 Å². The van der Waals surface area contributed by atoms with E-state index in [1.165, 1.54) is 17.2 Å². The number of nitriles is 1. The van der Waals surface area contributed by atoms with Crippen LogP contribution in [0.15, 0.2) is 111 Å². The molecule has 0 bridgehead atoms. The van der Waals surface area contributed by atoms with E-state index in [0.29, 0.717) is 39.6 Å². The average molecular weight is 1530 g/mol. The van der Waals surface area contributed by atoms with Crippen LogP contribution in [0.25, 0.3) is 0 Å². The highest BCUT2D eigenvalue weighted by atomic mass is 35.5. The van der Waals surface area contributed by atoms with Crippen LogP contribution >= 0.6 is 11.6 Å². The highest BCUT2D eigenvalue weighted by Gasteiger charge is 2.26. The van der Waals surface area contributed by atoms with Crippen LogP contribution in [-0.4, -0.2) is 144 Å². The van der Waals surface area contributed by atoms with Crippen LogP contribution in [0.1, 0.15) is 284 Å². The van der Waals surface area contributed by atoms with E-state index in [1.807, 2.05) is 161 Å². The van der Waals surface area contributed by atoms with Crippen LogP contribution in [-0.2, 0) is 61.9 Å². The number of carbonyl (C=O) groups excluding carboxylic acids is 1. The van der Waals surface area contributed by atoms with Crippen LogP contribution in [0.4, 0.5) is 5.82 Å². The van der Waals surface area contributed by atoms with E-state index in [4.69, 9.17) is 22.0 Å². The molecule has 110 heavy (non-hydrogen) atoms. The second-order valence-electron chi connectivity index (χ2n) is 35.5. The number of amides is 1. The van der Waals surface area contributed by atoms with Crippen molar-refractivity contribution in [2.45, 2.75) is 270 Å². The van der Waals surface area contributed by atoms with Crippen LogP contribution < -0.4 is 0 Å². The Morgan fingerprint density at radius 2 is 0.764 bits per heavy atom. The van der Waals surface area contributed by atoms with Gasteiger partial charge in [0.25, 0.3) is 5.91 Å². The molecule has 0 saturated carbocycles. The Balaban J connectivity index is 0.000000620. The normalized spacial score (nSPS) is 11.5. The molecule has 9 heterocycles. The number of rotatable bonds is 5. The Labute approximate surface area is 661 Å². The summed E-state index contributed by atoms with van der Waals surface area (Å²) in [5, 5.41) is 28.4. The second-order valence-corrected chi connectivity index (χ2v) is 35.9. The first kappa shape index (κ1) is 98.3. The van der Waals surface area contributed by atoms with E-state index in [-0.39, 0.29) is 67.1 Å². The monoisotopic (exact) mass is 1530 g/mol. The molecule has 0 atom stereocenters. The van der Waals surface area contributed by atoms with Gasteiger partial charge in [-0.25, -0.2) is 84.7 Å². The van der Waals surface area contributed by atoms with Gasteiger partial charge in [-0.2, -0.15) is 5.26 Å². The maximum absolute atomic E-state index is 11.7. The number of nitrogens with zero attached hydrogens (tertiary/aromatic N) is 22. The van der Waals surface area contributed by atoms with Gasteiger partial charge >= 0.3 is 5.82 Å². The molecular weight excluding hydrogens is 1400 g/mol. The fraction of sp³-hybridized carbons (Fsp3) is 0.542. The first-order valence-electron chi connectivity index (χ1n) is 36.3. The van der Waals surface area contributed by atoms with Crippen molar-refractivity contribution >= 4 is 23.3 Å². The molecule has 0 aliphatic rings. The molecule has 0 radical (unpaired) electrons. The van der Waals surface area contributed by atoms with Gasteiger partial charge in [-0.15, -0.1) is 0 Å². The molecule has 1 N–H and O–H groups in total. The summed E-state index contributed by atoms with van der Waals surface area (Å²) >= 11 is 5.64.